The number of benzene rings is 2. The van der Waals surface area contributed by atoms with Crippen molar-refractivity contribution in [1.29, 1.82) is 0 Å². The van der Waals surface area contributed by atoms with Crippen LogP contribution in [-0.2, 0) is 13.1 Å². The maximum Gasteiger partial charge on any atom is 0.0896 e. The molecule has 22 heavy (non-hydrogen) atoms. The number of rotatable bonds is 3. The normalized spacial score (nSPS) is 14.0. The van der Waals surface area contributed by atoms with Crippen LogP contribution < -0.4 is 10.2 Å². The second kappa shape index (κ2) is 5.37. The Labute approximate surface area is 130 Å². The molecule has 4 rings (SSSR count). The Hall–Kier alpha value is -2.49. The third-order valence-corrected chi connectivity index (χ3v) is 4.32. The van der Waals surface area contributed by atoms with Gasteiger partial charge >= 0.3 is 0 Å². The van der Waals surface area contributed by atoms with Gasteiger partial charge in [0.25, 0.3) is 0 Å². The molecule has 2 aromatic carbocycles. The number of nitrogens with one attached hydrogen (secondary N) is 1. The van der Waals surface area contributed by atoms with Gasteiger partial charge in [0.1, 0.15) is 0 Å². The molecule has 0 saturated heterocycles. The molecule has 1 aromatic heterocycles. The SMILES string of the molecule is CCn1nc(CN2CCNc3ccccc32)c2ccccc21. The summed E-state index contributed by atoms with van der Waals surface area (Å²) in [5, 5.41) is 9.56. The van der Waals surface area contributed by atoms with Crippen molar-refractivity contribution in [3.63, 3.8) is 0 Å². The summed E-state index contributed by atoms with van der Waals surface area (Å²) in [6, 6.07) is 17.0. The summed E-state index contributed by atoms with van der Waals surface area (Å²) in [5.74, 6) is 0. The Bertz CT molecular complexity index is 806. The molecule has 0 fully saturated rings. The van der Waals surface area contributed by atoms with Crippen molar-refractivity contribution in [3.8, 4) is 0 Å². The minimum Gasteiger partial charge on any atom is -0.382 e. The maximum atomic E-state index is 4.83. The summed E-state index contributed by atoms with van der Waals surface area (Å²) in [5.41, 5.74) is 4.87. The molecule has 1 N–H and O–H groups in total. The lowest BCUT2D eigenvalue weighted by Gasteiger charge is -2.31. The smallest absolute Gasteiger partial charge is 0.0896 e. The Morgan fingerprint density at radius 1 is 1.09 bits per heavy atom. The molecule has 1 aliphatic rings. The van der Waals surface area contributed by atoms with Crippen LogP contribution in [0.5, 0.6) is 0 Å². The molecule has 0 spiro atoms. The minimum atomic E-state index is 0.853. The average molecular weight is 292 g/mol. The van der Waals surface area contributed by atoms with Crippen LogP contribution in [0.2, 0.25) is 0 Å². The van der Waals surface area contributed by atoms with Crippen molar-refractivity contribution >= 4 is 22.3 Å². The quantitative estimate of drug-likeness (QED) is 0.802. The Balaban J connectivity index is 1.73. The average Bonchev–Trinajstić information content (AvgIpc) is 2.93. The number of aromatic nitrogens is 2. The summed E-state index contributed by atoms with van der Waals surface area (Å²) >= 11 is 0. The fourth-order valence-electron chi connectivity index (χ4n) is 3.24. The van der Waals surface area contributed by atoms with Gasteiger partial charge in [0, 0.05) is 25.0 Å². The van der Waals surface area contributed by atoms with Crippen molar-refractivity contribution in [2.45, 2.75) is 20.0 Å². The van der Waals surface area contributed by atoms with E-state index in [-0.39, 0.29) is 0 Å². The first-order valence-corrected chi connectivity index (χ1v) is 7.89. The van der Waals surface area contributed by atoms with E-state index in [9.17, 15) is 0 Å². The molecule has 0 unspecified atom stereocenters. The Kier molecular flexibility index (Phi) is 3.22. The first kappa shape index (κ1) is 13.2. The van der Waals surface area contributed by atoms with Crippen LogP contribution in [-0.4, -0.2) is 22.9 Å². The lowest BCUT2D eigenvalue weighted by molar-refractivity contribution is 0.658. The second-order valence-electron chi connectivity index (χ2n) is 5.65. The van der Waals surface area contributed by atoms with Crippen molar-refractivity contribution in [3.05, 3.63) is 54.2 Å². The van der Waals surface area contributed by atoms with Gasteiger partial charge in [0.15, 0.2) is 0 Å². The zero-order valence-corrected chi connectivity index (χ0v) is 12.8. The third-order valence-electron chi connectivity index (χ3n) is 4.32. The lowest BCUT2D eigenvalue weighted by Crippen LogP contribution is -2.33. The fourth-order valence-corrected chi connectivity index (χ4v) is 3.24. The highest BCUT2D eigenvalue weighted by atomic mass is 15.3. The number of nitrogens with zero attached hydrogens (tertiary/aromatic N) is 3. The van der Waals surface area contributed by atoms with Crippen LogP contribution in [0.25, 0.3) is 10.9 Å². The molecule has 0 aliphatic carbocycles. The molecule has 0 bridgehead atoms. The van der Waals surface area contributed by atoms with Gasteiger partial charge in [-0.1, -0.05) is 30.3 Å². The molecule has 1 aliphatic heterocycles. The van der Waals surface area contributed by atoms with Crippen LogP contribution in [0.3, 0.4) is 0 Å². The minimum absolute atomic E-state index is 0.853. The predicted molar refractivity (Wildman–Crippen MR) is 91.4 cm³/mol. The van der Waals surface area contributed by atoms with E-state index in [2.05, 4.69) is 70.4 Å². The summed E-state index contributed by atoms with van der Waals surface area (Å²) in [6.07, 6.45) is 0. The lowest BCUT2D eigenvalue weighted by atomic mass is 10.1. The number of para-hydroxylation sites is 3. The largest absolute Gasteiger partial charge is 0.382 e. The molecular formula is C18H20N4. The molecule has 0 radical (unpaired) electrons. The number of hydrogen-bond donors (Lipinski definition) is 1. The summed E-state index contributed by atoms with van der Waals surface area (Å²) in [7, 11) is 0. The molecule has 2 heterocycles. The van der Waals surface area contributed by atoms with Crippen LogP contribution >= 0.6 is 0 Å². The summed E-state index contributed by atoms with van der Waals surface area (Å²) in [4.78, 5) is 2.42. The number of aryl methyl sites for hydroxylation is 1. The van der Waals surface area contributed by atoms with Crippen LogP contribution in [0.4, 0.5) is 11.4 Å². The van der Waals surface area contributed by atoms with Gasteiger partial charge in [-0.2, -0.15) is 5.10 Å². The number of hydrogen-bond acceptors (Lipinski definition) is 3. The van der Waals surface area contributed by atoms with Gasteiger partial charge in [0.05, 0.1) is 29.1 Å². The van der Waals surface area contributed by atoms with E-state index < -0.39 is 0 Å². The number of fused-ring (bicyclic) bond motifs is 2. The van der Waals surface area contributed by atoms with Crippen LogP contribution in [0.15, 0.2) is 48.5 Å². The van der Waals surface area contributed by atoms with E-state index in [1.165, 1.54) is 22.3 Å². The zero-order chi connectivity index (χ0) is 14.9. The monoisotopic (exact) mass is 292 g/mol. The molecular weight excluding hydrogens is 272 g/mol. The number of anilines is 2. The van der Waals surface area contributed by atoms with E-state index in [1.54, 1.807) is 0 Å². The highest BCUT2D eigenvalue weighted by Crippen LogP contribution is 2.30. The molecule has 4 nitrogen and oxygen atoms in total. The molecule has 4 heteroatoms. The molecule has 0 amide bonds. The van der Waals surface area contributed by atoms with Gasteiger partial charge in [-0.3, -0.25) is 4.68 Å². The third kappa shape index (κ3) is 2.11. The van der Waals surface area contributed by atoms with Gasteiger partial charge in [-0.05, 0) is 25.1 Å². The predicted octanol–water partition coefficient (Wildman–Crippen LogP) is 3.49. The standard InChI is InChI=1S/C18H20N4/c1-2-22-17-9-5-3-7-14(17)16(20-22)13-21-12-11-19-15-8-4-6-10-18(15)21/h3-10,19H,2,11-13H2,1H3. The second-order valence-corrected chi connectivity index (χ2v) is 5.65. The molecule has 0 saturated carbocycles. The molecule has 3 aromatic rings. The summed E-state index contributed by atoms with van der Waals surface area (Å²) in [6.45, 7) is 5.88. The molecule has 0 atom stereocenters. The highest BCUT2D eigenvalue weighted by Gasteiger charge is 2.18. The Morgan fingerprint density at radius 3 is 2.82 bits per heavy atom. The van der Waals surface area contributed by atoms with E-state index in [1.807, 2.05) is 0 Å². The van der Waals surface area contributed by atoms with Gasteiger partial charge in [-0.25, -0.2) is 0 Å². The first-order valence-electron chi connectivity index (χ1n) is 7.89. The van der Waals surface area contributed by atoms with Gasteiger partial charge in [-0.15, -0.1) is 0 Å². The van der Waals surface area contributed by atoms with Crippen molar-refractivity contribution < 1.29 is 0 Å². The van der Waals surface area contributed by atoms with Crippen molar-refractivity contribution in [1.82, 2.24) is 9.78 Å². The first-order chi connectivity index (χ1) is 10.9. The van der Waals surface area contributed by atoms with E-state index in [0.29, 0.717) is 0 Å². The van der Waals surface area contributed by atoms with Crippen molar-refractivity contribution in [2.75, 3.05) is 23.3 Å². The van der Waals surface area contributed by atoms with Crippen molar-refractivity contribution in [2.24, 2.45) is 0 Å². The zero-order valence-electron chi connectivity index (χ0n) is 12.8. The molecule has 112 valence electrons. The van der Waals surface area contributed by atoms with E-state index in [4.69, 9.17) is 5.10 Å². The Morgan fingerprint density at radius 2 is 1.91 bits per heavy atom. The van der Waals surface area contributed by atoms with Crippen LogP contribution in [0.1, 0.15) is 12.6 Å². The topological polar surface area (TPSA) is 33.1 Å². The van der Waals surface area contributed by atoms with Gasteiger partial charge < -0.3 is 10.2 Å². The summed E-state index contributed by atoms with van der Waals surface area (Å²) < 4.78 is 2.10. The van der Waals surface area contributed by atoms with E-state index in [0.717, 1.165) is 31.9 Å². The van der Waals surface area contributed by atoms with Gasteiger partial charge in [0.2, 0.25) is 0 Å². The van der Waals surface area contributed by atoms with Crippen LogP contribution in [0, 0.1) is 0 Å². The highest BCUT2D eigenvalue weighted by molar-refractivity contribution is 5.82. The maximum absolute atomic E-state index is 4.83. The fraction of sp³-hybridized carbons (Fsp3) is 0.278. The van der Waals surface area contributed by atoms with E-state index >= 15 is 0 Å².